The summed E-state index contributed by atoms with van der Waals surface area (Å²) in [5.41, 5.74) is 0.781. The van der Waals surface area contributed by atoms with E-state index in [0.29, 0.717) is 0 Å². The number of H-pyrrole nitrogens is 1. The maximum Gasteiger partial charge on any atom is 0.347 e. The molecule has 60 valence electrons. The maximum atomic E-state index is 11.0. The van der Waals surface area contributed by atoms with E-state index in [2.05, 4.69) is 10.2 Å². The molecule has 0 spiro atoms. The first-order chi connectivity index (χ1) is 5.29. The first-order valence-electron chi connectivity index (χ1n) is 3.57. The Morgan fingerprint density at radius 3 is 3.00 bits per heavy atom. The molecule has 4 nitrogen and oxygen atoms in total. The molecule has 4 heteroatoms. The van der Waals surface area contributed by atoms with Crippen molar-refractivity contribution in [1.29, 1.82) is 0 Å². The van der Waals surface area contributed by atoms with Gasteiger partial charge in [0.1, 0.15) is 6.33 Å². The average Bonchev–Trinajstić information content (AvgIpc) is 2.40. The molecule has 0 amide bonds. The van der Waals surface area contributed by atoms with Gasteiger partial charge in [0.2, 0.25) is 0 Å². The fraction of sp³-hybridized carbons (Fsp3) is 0.429. The zero-order chi connectivity index (χ0) is 8.27. The Bertz CT molecular complexity index is 307. The van der Waals surface area contributed by atoms with Gasteiger partial charge in [-0.3, -0.25) is 4.57 Å². The molecule has 1 heterocycles. The van der Waals surface area contributed by atoms with E-state index in [9.17, 15) is 4.79 Å². The zero-order valence-corrected chi connectivity index (χ0v) is 6.66. The third kappa shape index (κ3) is 1.39. The first-order valence-corrected chi connectivity index (χ1v) is 3.57. The second-order valence-electron chi connectivity index (χ2n) is 2.17. The van der Waals surface area contributed by atoms with Crippen molar-refractivity contribution >= 4 is 5.70 Å². The van der Waals surface area contributed by atoms with Gasteiger partial charge >= 0.3 is 5.69 Å². The molecule has 0 saturated heterocycles. The van der Waals surface area contributed by atoms with Crippen LogP contribution in [0.25, 0.3) is 5.70 Å². The predicted octanol–water partition coefficient (Wildman–Crippen LogP) is 0.842. The van der Waals surface area contributed by atoms with E-state index in [1.54, 1.807) is 0 Å². The molecule has 1 N–H and O–H groups in total. The number of hydrogen-bond acceptors (Lipinski definition) is 2. The lowest BCUT2D eigenvalue weighted by Gasteiger charge is -2.00. The predicted molar refractivity (Wildman–Crippen MR) is 43.1 cm³/mol. The summed E-state index contributed by atoms with van der Waals surface area (Å²) in [6.45, 7) is 3.90. The summed E-state index contributed by atoms with van der Waals surface area (Å²) in [5, 5.41) is 5.96. The number of nitrogens with one attached hydrogen (secondary N) is 1. The van der Waals surface area contributed by atoms with Crippen LogP contribution in [0, 0.1) is 0 Å². The lowest BCUT2D eigenvalue weighted by Crippen LogP contribution is -2.14. The minimum absolute atomic E-state index is 0.181. The fourth-order valence-electron chi connectivity index (χ4n) is 0.966. The number of nitrogens with zero attached hydrogens (tertiary/aromatic N) is 2. The zero-order valence-electron chi connectivity index (χ0n) is 6.66. The standard InChI is InChI=1S/C7H11N3O/c1-3-6(4-2)10-5-8-9-7(10)11/h3,5H,4H2,1-2H3,(H,9,11)/b6-3+. The molecule has 11 heavy (non-hydrogen) atoms. The van der Waals surface area contributed by atoms with E-state index < -0.39 is 0 Å². The van der Waals surface area contributed by atoms with Crippen LogP contribution in [0.4, 0.5) is 0 Å². The van der Waals surface area contributed by atoms with Crippen LogP contribution in [0.3, 0.4) is 0 Å². The van der Waals surface area contributed by atoms with Gasteiger partial charge in [-0.2, -0.15) is 5.10 Å². The van der Waals surface area contributed by atoms with E-state index >= 15 is 0 Å². The van der Waals surface area contributed by atoms with Gasteiger partial charge in [0.05, 0.1) is 0 Å². The topological polar surface area (TPSA) is 50.7 Å². The number of aromatic nitrogens is 3. The van der Waals surface area contributed by atoms with Crippen molar-refractivity contribution in [2.45, 2.75) is 20.3 Å². The summed E-state index contributed by atoms with van der Waals surface area (Å²) in [6.07, 6.45) is 4.22. The van der Waals surface area contributed by atoms with Crippen LogP contribution < -0.4 is 5.69 Å². The number of allylic oxidation sites excluding steroid dienone is 2. The molecule has 0 radical (unpaired) electrons. The van der Waals surface area contributed by atoms with Crippen molar-refractivity contribution in [3.63, 3.8) is 0 Å². The van der Waals surface area contributed by atoms with Crippen molar-refractivity contribution in [1.82, 2.24) is 14.8 Å². The van der Waals surface area contributed by atoms with Crippen LogP contribution in [-0.4, -0.2) is 14.8 Å². The third-order valence-electron chi connectivity index (χ3n) is 1.56. The molecule has 0 bridgehead atoms. The SMILES string of the molecule is C/C=C(\CC)n1cn[nH]c1=O. The Balaban J connectivity index is 3.10. The van der Waals surface area contributed by atoms with Gasteiger partial charge in [-0.15, -0.1) is 0 Å². The van der Waals surface area contributed by atoms with Crippen LogP contribution in [-0.2, 0) is 0 Å². The van der Waals surface area contributed by atoms with E-state index in [-0.39, 0.29) is 5.69 Å². The largest absolute Gasteiger partial charge is 0.347 e. The molecular weight excluding hydrogens is 142 g/mol. The Morgan fingerprint density at radius 1 is 1.91 bits per heavy atom. The van der Waals surface area contributed by atoms with Crippen LogP contribution in [0.15, 0.2) is 17.2 Å². The molecule has 0 aliphatic rings. The van der Waals surface area contributed by atoms with Crippen molar-refractivity contribution in [2.75, 3.05) is 0 Å². The van der Waals surface area contributed by atoms with E-state index in [4.69, 9.17) is 0 Å². The molecule has 1 rings (SSSR count). The van der Waals surface area contributed by atoms with Crippen molar-refractivity contribution < 1.29 is 0 Å². The van der Waals surface area contributed by atoms with Crippen LogP contribution in [0.5, 0.6) is 0 Å². The number of rotatable bonds is 2. The summed E-state index contributed by atoms with van der Waals surface area (Å²) in [5.74, 6) is 0. The van der Waals surface area contributed by atoms with Gasteiger partial charge in [-0.05, 0) is 13.3 Å². The smallest absolute Gasteiger partial charge is 0.254 e. The van der Waals surface area contributed by atoms with E-state index in [1.165, 1.54) is 10.9 Å². The summed E-state index contributed by atoms with van der Waals surface area (Å²) in [7, 11) is 0. The van der Waals surface area contributed by atoms with Gasteiger partial charge in [-0.1, -0.05) is 13.0 Å². The minimum atomic E-state index is -0.181. The summed E-state index contributed by atoms with van der Waals surface area (Å²) >= 11 is 0. The van der Waals surface area contributed by atoms with Gasteiger partial charge in [0.15, 0.2) is 0 Å². The molecule has 0 aliphatic heterocycles. The van der Waals surface area contributed by atoms with Crippen molar-refractivity contribution in [3.05, 3.63) is 22.9 Å². The molecule has 0 saturated carbocycles. The van der Waals surface area contributed by atoms with Crippen molar-refractivity contribution in [2.24, 2.45) is 0 Å². The van der Waals surface area contributed by atoms with Crippen LogP contribution in [0.2, 0.25) is 0 Å². The normalized spacial score (nSPS) is 12.0. The van der Waals surface area contributed by atoms with Gasteiger partial charge in [-0.25, -0.2) is 9.89 Å². The lowest BCUT2D eigenvalue weighted by molar-refractivity contribution is 0.952. The molecule has 0 aromatic carbocycles. The number of aromatic amines is 1. The molecular formula is C7H11N3O. The summed E-state index contributed by atoms with van der Waals surface area (Å²) < 4.78 is 1.50. The molecule has 1 aromatic rings. The Morgan fingerprint density at radius 2 is 2.64 bits per heavy atom. The monoisotopic (exact) mass is 153 g/mol. The highest BCUT2D eigenvalue weighted by atomic mass is 16.1. The molecule has 0 atom stereocenters. The quantitative estimate of drug-likeness (QED) is 0.684. The number of hydrogen-bond donors (Lipinski definition) is 1. The molecule has 0 aliphatic carbocycles. The average molecular weight is 153 g/mol. The van der Waals surface area contributed by atoms with Gasteiger partial charge < -0.3 is 0 Å². The lowest BCUT2D eigenvalue weighted by atomic mass is 10.3. The second kappa shape index (κ2) is 3.18. The maximum absolute atomic E-state index is 11.0. The van der Waals surface area contributed by atoms with Gasteiger partial charge in [0.25, 0.3) is 0 Å². The Kier molecular flexibility index (Phi) is 2.25. The first kappa shape index (κ1) is 7.78. The molecule has 0 fully saturated rings. The minimum Gasteiger partial charge on any atom is -0.254 e. The highest BCUT2D eigenvalue weighted by Crippen LogP contribution is 2.03. The highest BCUT2D eigenvalue weighted by molar-refractivity contribution is 5.42. The highest BCUT2D eigenvalue weighted by Gasteiger charge is 1.99. The summed E-state index contributed by atoms with van der Waals surface area (Å²) in [6, 6.07) is 0. The summed E-state index contributed by atoms with van der Waals surface area (Å²) in [4.78, 5) is 11.0. The molecule has 0 unspecified atom stereocenters. The molecule has 1 aromatic heterocycles. The van der Waals surface area contributed by atoms with Crippen LogP contribution in [0.1, 0.15) is 20.3 Å². The Labute approximate surface area is 64.6 Å². The Hall–Kier alpha value is -1.32. The van der Waals surface area contributed by atoms with E-state index in [0.717, 1.165) is 12.1 Å². The fourth-order valence-corrected chi connectivity index (χ4v) is 0.966. The third-order valence-corrected chi connectivity index (χ3v) is 1.56. The van der Waals surface area contributed by atoms with Crippen molar-refractivity contribution in [3.8, 4) is 0 Å². The van der Waals surface area contributed by atoms with Gasteiger partial charge in [0, 0.05) is 5.70 Å². The second-order valence-corrected chi connectivity index (χ2v) is 2.17. The van der Waals surface area contributed by atoms with Crippen LogP contribution >= 0.6 is 0 Å². The van der Waals surface area contributed by atoms with E-state index in [1.807, 2.05) is 19.9 Å².